The molecule has 0 radical (unpaired) electrons. The third kappa shape index (κ3) is 5.94. The fourth-order valence-corrected chi connectivity index (χ4v) is 3.19. The highest BCUT2D eigenvalue weighted by molar-refractivity contribution is 5.85. The number of piperazine rings is 1. The molecule has 26 heavy (non-hydrogen) atoms. The molecule has 0 saturated carbocycles. The minimum Gasteiger partial charge on any atom is -0.489 e. The fourth-order valence-electron chi connectivity index (χ4n) is 3.19. The third-order valence-electron chi connectivity index (χ3n) is 4.51. The van der Waals surface area contributed by atoms with Crippen molar-refractivity contribution in [3.8, 4) is 5.75 Å². The van der Waals surface area contributed by atoms with Gasteiger partial charge in [-0.2, -0.15) is 0 Å². The summed E-state index contributed by atoms with van der Waals surface area (Å²) >= 11 is 0. The normalized spacial score (nSPS) is 16.1. The van der Waals surface area contributed by atoms with Gasteiger partial charge in [0.05, 0.1) is 0 Å². The van der Waals surface area contributed by atoms with E-state index in [9.17, 15) is 8.78 Å². The van der Waals surface area contributed by atoms with Gasteiger partial charge in [-0.1, -0.05) is 42.5 Å². The maximum Gasteiger partial charge on any atom is 0.240 e. The Morgan fingerprint density at radius 3 is 2.23 bits per heavy atom. The lowest BCUT2D eigenvalue weighted by molar-refractivity contribution is 0.0739. The minimum absolute atomic E-state index is 0. The van der Waals surface area contributed by atoms with E-state index in [0.717, 1.165) is 43.1 Å². The van der Waals surface area contributed by atoms with Gasteiger partial charge in [0.2, 0.25) is 6.43 Å². The van der Waals surface area contributed by atoms with Crippen molar-refractivity contribution in [1.82, 2.24) is 10.2 Å². The molecule has 1 N–H and O–H groups in total. The van der Waals surface area contributed by atoms with E-state index in [1.165, 1.54) is 0 Å². The summed E-state index contributed by atoms with van der Waals surface area (Å²) in [5, 5.41) is 3.27. The van der Waals surface area contributed by atoms with E-state index in [-0.39, 0.29) is 24.9 Å². The van der Waals surface area contributed by atoms with Crippen LogP contribution in [0.3, 0.4) is 0 Å². The quantitative estimate of drug-likeness (QED) is 0.773. The molecule has 0 amide bonds. The highest BCUT2D eigenvalue weighted by Crippen LogP contribution is 2.29. The zero-order valence-electron chi connectivity index (χ0n) is 14.6. The summed E-state index contributed by atoms with van der Waals surface area (Å²) in [6.07, 6.45) is -2.45. The van der Waals surface area contributed by atoms with E-state index in [1.807, 2.05) is 54.6 Å². The van der Waals surface area contributed by atoms with Crippen molar-refractivity contribution in [2.24, 2.45) is 0 Å². The van der Waals surface area contributed by atoms with E-state index in [4.69, 9.17) is 4.74 Å². The van der Waals surface area contributed by atoms with Gasteiger partial charge in [-0.25, -0.2) is 8.78 Å². The van der Waals surface area contributed by atoms with Gasteiger partial charge < -0.3 is 10.1 Å². The molecule has 1 aliphatic heterocycles. The van der Waals surface area contributed by atoms with E-state index < -0.39 is 6.43 Å². The molecule has 0 spiro atoms. The first-order valence-corrected chi connectivity index (χ1v) is 8.72. The van der Waals surface area contributed by atoms with E-state index in [2.05, 4.69) is 10.2 Å². The largest absolute Gasteiger partial charge is 0.489 e. The molecule has 3 nitrogen and oxygen atoms in total. The second-order valence-corrected chi connectivity index (χ2v) is 6.27. The van der Waals surface area contributed by atoms with Crippen molar-refractivity contribution < 1.29 is 13.5 Å². The molecule has 2 aromatic rings. The first-order valence-electron chi connectivity index (χ1n) is 8.72. The smallest absolute Gasteiger partial charge is 0.240 e. The van der Waals surface area contributed by atoms with Gasteiger partial charge in [0.25, 0.3) is 0 Å². The standard InChI is InChI=1S/C20H24F2N2O.ClH/c21-20(22)14-19(24-12-10-23-11-13-24)17-6-8-18(9-7-17)25-15-16-4-2-1-3-5-16;/h1-9,19-20,23H,10-15H2;1H/t19-;/m1./s1. The molecule has 0 unspecified atom stereocenters. The van der Waals surface area contributed by atoms with Gasteiger partial charge in [0.15, 0.2) is 0 Å². The summed E-state index contributed by atoms with van der Waals surface area (Å²) in [7, 11) is 0. The first-order chi connectivity index (χ1) is 12.2. The van der Waals surface area contributed by atoms with Crippen molar-refractivity contribution >= 4 is 12.4 Å². The number of benzene rings is 2. The molecule has 1 saturated heterocycles. The second kappa shape index (κ2) is 10.5. The van der Waals surface area contributed by atoms with Crippen LogP contribution in [0.15, 0.2) is 54.6 Å². The van der Waals surface area contributed by atoms with Crippen LogP contribution in [0.25, 0.3) is 0 Å². The molecular weight excluding hydrogens is 358 g/mol. The molecule has 142 valence electrons. The molecule has 2 aromatic carbocycles. The molecule has 3 rings (SSSR count). The predicted octanol–water partition coefficient (Wildman–Crippen LogP) is 4.29. The van der Waals surface area contributed by atoms with Crippen LogP contribution in [0.5, 0.6) is 5.75 Å². The summed E-state index contributed by atoms with van der Waals surface area (Å²) in [6.45, 7) is 3.78. The number of hydrogen-bond acceptors (Lipinski definition) is 3. The minimum atomic E-state index is -2.31. The average molecular weight is 383 g/mol. The Balaban J connectivity index is 0.00000243. The highest BCUT2D eigenvalue weighted by Gasteiger charge is 2.25. The SMILES string of the molecule is Cl.FC(F)C[C@H](c1ccc(OCc2ccccc2)cc1)N1CCNCC1. The lowest BCUT2D eigenvalue weighted by Crippen LogP contribution is -2.45. The van der Waals surface area contributed by atoms with Gasteiger partial charge >= 0.3 is 0 Å². The van der Waals surface area contributed by atoms with Crippen molar-refractivity contribution in [1.29, 1.82) is 0 Å². The maximum atomic E-state index is 13.0. The van der Waals surface area contributed by atoms with E-state index >= 15 is 0 Å². The lowest BCUT2D eigenvalue weighted by atomic mass is 10.0. The zero-order chi connectivity index (χ0) is 17.5. The molecule has 6 heteroatoms. The van der Waals surface area contributed by atoms with Gasteiger partial charge in [-0.05, 0) is 23.3 Å². The van der Waals surface area contributed by atoms with Crippen LogP contribution in [0, 0.1) is 0 Å². The van der Waals surface area contributed by atoms with Gasteiger partial charge in [-0.3, -0.25) is 4.90 Å². The van der Waals surface area contributed by atoms with Gasteiger partial charge in [-0.15, -0.1) is 12.4 Å². The molecule has 1 fully saturated rings. The van der Waals surface area contributed by atoms with Crippen LogP contribution in [-0.2, 0) is 6.61 Å². The number of nitrogens with zero attached hydrogens (tertiary/aromatic N) is 1. The number of ether oxygens (including phenoxy) is 1. The Hall–Kier alpha value is -1.69. The summed E-state index contributed by atoms with van der Waals surface area (Å²) in [5.41, 5.74) is 2.03. The number of rotatable bonds is 7. The molecule has 0 bridgehead atoms. The number of nitrogens with one attached hydrogen (secondary N) is 1. The Morgan fingerprint density at radius 1 is 0.962 bits per heavy atom. The Kier molecular flexibility index (Phi) is 8.29. The van der Waals surface area contributed by atoms with E-state index in [0.29, 0.717) is 6.61 Å². The van der Waals surface area contributed by atoms with Crippen LogP contribution >= 0.6 is 12.4 Å². The Bertz CT molecular complexity index is 634. The molecule has 0 aliphatic carbocycles. The molecule has 1 atom stereocenters. The summed E-state index contributed by atoms with van der Waals surface area (Å²) < 4.78 is 31.9. The lowest BCUT2D eigenvalue weighted by Gasteiger charge is -2.35. The fraction of sp³-hybridized carbons (Fsp3) is 0.400. The van der Waals surface area contributed by atoms with Crippen LogP contribution in [0.2, 0.25) is 0 Å². The van der Waals surface area contributed by atoms with Gasteiger partial charge in [0.1, 0.15) is 12.4 Å². The number of alkyl halides is 2. The molecular formula is C20H25ClF2N2O. The van der Waals surface area contributed by atoms with Crippen LogP contribution in [0.4, 0.5) is 8.78 Å². The first kappa shape index (κ1) is 20.6. The summed E-state index contributed by atoms with van der Waals surface area (Å²) in [4.78, 5) is 2.14. The van der Waals surface area contributed by atoms with Crippen molar-refractivity contribution in [2.45, 2.75) is 25.5 Å². The van der Waals surface area contributed by atoms with Crippen molar-refractivity contribution in [2.75, 3.05) is 26.2 Å². The zero-order valence-corrected chi connectivity index (χ0v) is 15.4. The van der Waals surface area contributed by atoms with Gasteiger partial charge in [0, 0.05) is 38.6 Å². The molecule has 1 heterocycles. The van der Waals surface area contributed by atoms with Crippen molar-refractivity contribution in [3.05, 3.63) is 65.7 Å². The summed E-state index contributed by atoms with van der Waals surface area (Å²) in [6, 6.07) is 17.3. The van der Waals surface area contributed by atoms with Crippen LogP contribution in [-0.4, -0.2) is 37.5 Å². The number of hydrogen-bond donors (Lipinski definition) is 1. The van der Waals surface area contributed by atoms with Crippen LogP contribution in [0.1, 0.15) is 23.6 Å². The maximum absolute atomic E-state index is 13.0. The highest BCUT2D eigenvalue weighted by atomic mass is 35.5. The topological polar surface area (TPSA) is 24.5 Å². The average Bonchev–Trinajstić information content (AvgIpc) is 2.66. The third-order valence-corrected chi connectivity index (χ3v) is 4.51. The monoisotopic (exact) mass is 382 g/mol. The summed E-state index contributed by atoms with van der Waals surface area (Å²) in [5.74, 6) is 0.753. The second-order valence-electron chi connectivity index (χ2n) is 6.27. The van der Waals surface area contributed by atoms with Crippen molar-refractivity contribution in [3.63, 3.8) is 0 Å². The van der Waals surface area contributed by atoms with E-state index in [1.54, 1.807) is 0 Å². The Morgan fingerprint density at radius 2 is 1.62 bits per heavy atom. The van der Waals surface area contributed by atoms with Crippen LogP contribution < -0.4 is 10.1 Å². The molecule has 1 aliphatic rings. The molecule has 0 aromatic heterocycles. The Labute approximate surface area is 159 Å². The predicted molar refractivity (Wildman–Crippen MR) is 102 cm³/mol. The number of halogens is 3.